The van der Waals surface area contributed by atoms with E-state index in [1.165, 1.54) is 0 Å². The van der Waals surface area contributed by atoms with Gasteiger partial charge in [-0.15, -0.1) is 12.4 Å². The van der Waals surface area contributed by atoms with Crippen LogP contribution in [0.25, 0.3) is 0 Å². The maximum Gasteiger partial charge on any atom is 0.220 e. The summed E-state index contributed by atoms with van der Waals surface area (Å²) in [7, 11) is 1.69. The van der Waals surface area contributed by atoms with Crippen molar-refractivity contribution in [2.24, 2.45) is 11.8 Å². The summed E-state index contributed by atoms with van der Waals surface area (Å²) in [6, 6.07) is 8.29. The fourth-order valence-electron chi connectivity index (χ4n) is 3.08. The van der Waals surface area contributed by atoms with Crippen LogP contribution in [0.15, 0.2) is 24.3 Å². The summed E-state index contributed by atoms with van der Waals surface area (Å²) in [4.78, 5) is 12.2. The Morgan fingerprint density at radius 1 is 1.43 bits per heavy atom. The minimum atomic E-state index is 0. The summed E-state index contributed by atoms with van der Waals surface area (Å²) < 4.78 is 5.38. The van der Waals surface area contributed by atoms with E-state index in [2.05, 4.69) is 30.5 Å². The van der Waals surface area contributed by atoms with Gasteiger partial charge in [-0.05, 0) is 42.9 Å². The number of rotatable bonds is 6. The van der Waals surface area contributed by atoms with Gasteiger partial charge in [0.15, 0.2) is 0 Å². The molecule has 0 bridgehead atoms. The van der Waals surface area contributed by atoms with E-state index in [4.69, 9.17) is 4.74 Å². The van der Waals surface area contributed by atoms with E-state index >= 15 is 0 Å². The number of ether oxygens (including phenoxy) is 1. The molecule has 0 spiro atoms. The van der Waals surface area contributed by atoms with Crippen LogP contribution in [-0.4, -0.2) is 32.1 Å². The van der Waals surface area contributed by atoms with E-state index in [-0.39, 0.29) is 24.4 Å². The number of hydrogen-bond acceptors (Lipinski definition) is 3. The number of piperidine rings is 1. The third kappa shape index (κ3) is 6.04. The number of hydrogen-bond donors (Lipinski definition) is 2. The van der Waals surface area contributed by atoms with Crippen molar-refractivity contribution in [3.63, 3.8) is 0 Å². The predicted octanol–water partition coefficient (Wildman–Crippen LogP) is 2.80. The summed E-state index contributed by atoms with van der Waals surface area (Å²) in [5, 5.41) is 6.53. The molecule has 1 heterocycles. The average Bonchev–Trinajstić information content (AvgIpc) is 2.50. The Morgan fingerprint density at radius 3 is 2.87 bits per heavy atom. The van der Waals surface area contributed by atoms with Crippen LogP contribution in [0.2, 0.25) is 0 Å². The Labute approximate surface area is 145 Å². The first-order valence-electron chi connectivity index (χ1n) is 8.22. The second-order valence-corrected chi connectivity index (χ2v) is 6.47. The molecule has 1 aliphatic heterocycles. The number of para-hydroxylation sites is 1. The summed E-state index contributed by atoms with van der Waals surface area (Å²) in [6.07, 6.45) is 2.54. The summed E-state index contributed by atoms with van der Waals surface area (Å²) in [5.74, 6) is 1.90. The molecule has 0 aromatic heterocycles. The van der Waals surface area contributed by atoms with E-state index in [9.17, 15) is 4.79 Å². The summed E-state index contributed by atoms with van der Waals surface area (Å²) in [5.41, 5.74) is 1.16. The molecule has 3 unspecified atom stereocenters. The van der Waals surface area contributed by atoms with Crippen LogP contribution in [0, 0.1) is 11.8 Å². The maximum atomic E-state index is 12.2. The van der Waals surface area contributed by atoms with Gasteiger partial charge in [0.05, 0.1) is 7.11 Å². The molecule has 130 valence electrons. The highest BCUT2D eigenvalue weighted by atomic mass is 35.5. The van der Waals surface area contributed by atoms with Gasteiger partial charge in [0.1, 0.15) is 5.75 Å². The van der Waals surface area contributed by atoms with Gasteiger partial charge in [0, 0.05) is 19.0 Å². The molecule has 1 amide bonds. The second-order valence-electron chi connectivity index (χ2n) is 6.47. The number of nitrogens with one attached hydrogen (secondary N) is 2. The SMILES string of the molecule is COc1ccccc1CC(C)CC(=O)NC1CNCCC1C.Cl. The highest BCUT2D eigenvalue weighted by molar-refractivity contribution is 5.85. The van der Waals surface area contributed by atoms with Crippen molar-refractivity contribution < 1.29 is 9.53 Å². The zero-order valence-electron chi connectivity index (χ0n) is 14.3. The Morgan fingerprint density at radius 2 is 2.17 bits per heavy atom. The van der Waals surface area contributed by atoms with Gasteiger partial charge in [0.25, 0.3) is 0 Å². The Bertz CT molecular complexity index is 496. The third-order valence-electron chi connectivity index (χ3n) is 4.47. The van der Waals surface area contributed by atoms with Crippen molar-refractivity contribution in [1.29, 1.82) is 0 Å². The Balaban J connectivity index is 0.00000264. The van der Waals surface area contributed by atoms with Gasteiger partial charge in [-0.25, -0.2) is 0 Å². The third-order valence-corrected chi connectivity index (χ3v) is 4.47. The fourth-order valence-corrected chi connectivity index (χ4v) is 3.08. The molecule has 0 saturated carbocycles. The normalized spacial score (nSPS) is 21.9. The van der Waals surface area contributed by atoms with E-state index in [1.54, 1.807) is 7.11 Å². The molecule has 1 aliphatic rings. The molecule has 4 nitrogen and oxygen atoms in total. The number of carbonyl (C=O) groups is 1. The molecular formula is C18H29ClN2O2. The van der Waals surface area contributed by atoms with Crippen LogP contribution in [-0.2, 0) is 11.2 Å². The first-order valence-corrected chi connectivity index (χ1v) is 8.22. The highest BCUT2D eigenvalue weighted by Crippen LogP contribution is 2.22. The van der Waals surface area contributed by atoms with Crippen molar-refractivity contribution in [1.82, 2.24) is 10.6 Å². The first kappa shape index (κ1) is 19.8. The number of halogens is 1. The quantitative estimate of drug-likeness (QED) is 0.837. The van der Waals surface area contributed by atoms with Crippen molar-refractivity contribution in [2.75, 3.05) is 20.2 Å². The largest absolute Gasteiger partial charge is 0.496 e. The maximum absolute atomic E-state index is 12.2. The van der Waals surface area contributed by atoms with Crippen LogP contribution < -0.4 is 15.4 Å². The Hall–Kier alpha value is -1.26. The predicted molar refractivity (Wildman–Crippen MR) is 96.3 cm³/mol. The molecule has 1 aromatic rings. The van der Waals surface area contributed by atoms with Gasteiger partial charge >= 0.3 is 0 Å². The minimum Gasteiger partial charge on any atom is -0.496 e. The monoisotopic (exact) mass is 340 g/mol. The molecule has 23 heavy (non-hydrogen) atoms. The first-order chi connectivity index (χ1) is 10.6. The molecule has 2 N–H and O–H groups in total. The van der Waals surface area contributed by atoms with Gasteiger partial charge in [-0.1, -0.05) is 32.0 Å². The summed E-state index contributed by atoms with van der Waals surface area (Å²) in [6.45, 7) is 6.27. The van der Waals surface area contributed by atoms with Crippen LogP contribution in [0.5, 0.6) is 5.75 Å². The number of carbonyl (C=O) groups excluding carboxylic acids is 1. The summed E-state index contributed by atoms with van der Waals surface area (Å²) >= 11 is 0. The van der Waals surface area contributed by atoms with Gasteiger partial charge in [-0.2, -0.15) is 0 Å². The lowest BCUT2D eigenvalue weighted by Crippen LogP contribution is -2.50. The van der Waals surface area contributed by atoms with Gasteiger partial charge < -0.3 is 15.4 Å². The fraction of sp³-hybridized carbons (Fsp3) is 0.611. The Kier molecular flexibility index (Phi) is 8.42. The molecule has 2 rings (SSSR count). The molecular weight excluding hydrogens is 312 g/mol. The van der Waals surface area contributed by atoms with Crippen molar-refractivity contribution in [2.45, 2.75) is 39.2 Å². The minimum absolute atomic E-state index is 0. The van der Waals surface area contributed by atoms with Gasteiger partial charge in [-0.3, -0.25) is 4.79 Å². The highest BCUT2D eigenvalue weighted by Gasteiger charge is 2.23. The zero-order valence-corrected chi connectivity index (χ0v) is 15.1. The molecule has 5 heteroatoms. The van der Waals surface area contributed by atoms with E-state index < -0.39 is 0 Å². The number of amides is 1. The second kappa shape index (κ2) is 9.78. The van der Waals surface area contributed by atoms with Gasteiger partial charge in [0.2, 0.25) is 5.91 Å². The molecule has 0 radical (unpaired) electrons. The lowest BCUT2D eigenvalue weighted by atomic mass is 9.93. The zero-order chi connectivity index (χ0) is 15.9. The molecule has 1 fully saturated rings. The van der Waals surface area contributed by atoms with Crippen molar-refractivity contribution in [3.05, 3.63) is 29.8 Å². The van der Waals surface area contributed by atoms with E-state index in [0.717, 1.165) is 37.2 Å². The van der Waals surface area contributed by atoms with E-state index in [0.29, 0.717) is 18.3 Å². The lowest BCUT2D eigenvalue weighted by molar-refractivity contribution is -0.123. The standard InChI is InChI=1S/C18H28N2O2.ClH/c1-13(10-15-6-4-5-7-17(15)22-3)11-18(21)20-16-12-19-9-8-14(16)2;/h4-7,13-14,16,19H,8-12H2,1-3H3,(H,20,21);1H. The van der Waals surface area contributed by atoms with E-state index in [1.807, 2.05) is 18.2 Å². The molecule has 0 aliphatic carbocycles. The molecule has 1 aromatic carbocycles. The lowest BCUT2D eigenvalue weighted by Gasteiger charge is -2.30. The van der Waals surface area contributed by atoms with Crippen LogP contribution in [0.1, 0.15) is 32.3 Å². The number of methoxy groups -OCH3 is 1. The van der Waals surface area contributed by atoms with Crippen LogP contribution in [0.4, 0.5) is 0 Å². The molecule has 1 saturated heterocycles. The average molecular weight is 341 g/mol. The number of benzene rings is 1. The van der Waals surface area contributed by atoms with Crippen LogP contribution in [0.3, 0.4) is 0 Å². The topological polar surface area (TPSA) is 50.4 Å². The molecule has 3 atom stereocenters. The van der Waals surface area contributed by atoms with Crippen LogP contribution >= 0.6 is 12.4 Å². The van der Waals surface area contributed by atoms with Crippen molar-refractivity contribution in [3.8, 4) is 5.75 Å². The smallest absolute Gasteiger partial charge is 0.220 e. The van der Waals surface area contributed by atoms with Crippen molar-refractivity contribution >= 4 is 18.3 Å².